The second-order valence-corrected chi connectivity index (χ2v) is 6.51. The molecular weight excluding hydrogens is 317 g/mol. The van der Waals surface area contributed by atoms with Gasteiger partial charge in [0, 0.05) is 19.3 Å². The average Bonchev–Trinajstić information content (AvgIpc) is 2.89. The van der Waals surface area contributed by atoms with E-state index in [1.165, 1.54) is 23.9 Å². The summed E-state index contributed by atoms with van der Waals surface area (Å²) in [5, 5.41) is 4.44. The first-order chi connectivity index (χ1) is 11.0. The van der Waals surface area contributed by atoms with Crippen LogP contribution in [0, 0.1) is 5.82 Å². The normalized spacial score (nSPS) is 19.8. The summed E-state index contributed by atoms with van der Waals surface area (Å²) in [6, 6.07) is 6.28. The van der Waals surface area contributed by atoms with Gasteiger partial charge >= 0.3 is 0 Å². The Morgan fingerprint density at radius 1 is 1.30 bits per heavy atom. The van der Waals surface area contributed by atoms with E-state index in [-0.39, 0.29) is 23.9 Å². The monoisotopic (exact) mass is 331 g/mol. The number of nitrogens with zero attached hydrogens (tertiary/aromatic N) is 2. The number of benzene rings is 1. The molecule has 0 aromatic heterocycles. The largest absolute Gasteiger partial charge is 0.293 e. The number of hydrazone groups is 1. The number of nitrogens with one attached hydrogen (secondary N) is 1. The summed E-state index contributed by atoms with van der Waals surface area (Å²) in [5.41, 5.74) is 4.53. The lowest BCUT2D eigenvalue weighted by molar-refractivity contribution is -0.121. The number of rotatable bonds is 2. The highest BCUT2D eigenvalue weighted by molar-refractivity contribution is 8.17. The van der Waals surface area contributed by atoms with E-state index in [1.54, 1.807) is 12.1 Å². The van der Waals surface area contributed by atoms with Gasteiger partial charge in [-0.25, -0.2) is 14.8 Å². The van der Waals surface area contributed by atoms with E-state index < -0.39 is 5.91 Å². The van der Waals surface area contributed by atoms with Crippen molar-refractivity contribution in [3.8, 4) is 0 Å². The van der Waals surface area contributed by atoms with Gasteiger partial charge in [0.1, 0.15) is 11.5 Å². The van der Waals surface area contributed by atoms with Crippen molar-refractivity contribution >= 4 is 39.9 Å². The standard InChI is InChI=1S/C16H14FN3O2S/c1-9-12(10-2-4-11(17)5-3-10)8-15(23-9)18-16(22)13-6-7-14(21)20-19-13/h2-5H,6-8H2,1H3,(H,20,21). The van der Waals surface area contributed by atoms with E-state index in [9.17, 15) is 14.0 Å². The molecule has 0 saturated carbocycles. The molecule has 5 nitrogen and oxygen atoms in total. The lowest BCUT2D eigenvalue weighted by atomic mass is 10.0. The molecule has 1 aromatic rings. The number of carbonyl (C=O) groups is 2. The molecule has 1 aromatic carbocycles. The molecule has 0 atom stereocenters. The molecule has 2 heterocycles. The number of aliphatic imine (C=N–C) groups is 1. The SMILES string of the molecule is CC1=C(c2ccc(F)cc2)CC(=NC(=O)C2=NNC(=O)CC2)S1. The molecule has 0 fully saturated rings. The van der Waals surface area contributed by atoms with Gasteiger partial charge in [0.25, 0.3) is 5.91 Å². The Morgan fingerprint density at radius 2 is 2.04 bits per heavy atom. The van der Waals surface area contributed by atoms with Gasteiger partial charge in [-0.3, -0.25) is 9.59 Å². The number of carbonyl (C=O) groups excluding carboxylic acids is 2. The van der Waals surface area contributed by atoms with Gasteiger partial charge in [-0.2, -0.15) is 5.10 Å². The predicted molar refractivity (Wildman–Crippen MR) is 88.5 cm³/mol. The van der Waals surface area contributed by atoms with E-state index in [4.69, 9.17) is 0 Å². The van der Waals surface area contributed by atoms with E-state index in [0.29, 0.717) is 17.9 Å². The molecule has 2 amide bonds. The molecule has 23 heavy (non-hydrogen) atoms. The fourth-order valence-corrected chi connectivity index (χ4v) is 3.39. The molecule has 3 rings (SSSR count). The first-order valence-electron chi connectivity index (χ1n) is 7.14. The van der Waals surface area contributed by atoms with Crippen molar-refractivity contribution in [2.75, 3.05) is 0 Å². The van der Waals surface area contributed by atoms with Crippen molar-refractivity contribution in [2.45, 2.75) is 26.2 Å². The van der Waals surface area contributed by atoms with Crippen molar-refractivity contribution in [3.63, 3.8) is 0 Å². The van der Waals surface area contributed by atoms with E-state index in [2.05, 4.69) is 15.5 Å². The van der Waals surface area contributed by atoms with Crippen molar-refractivity contribution < 1.29 is 14.0 Å². The van der Waals surface area contributed by atoms with E-state index >= 15 is 0 Å². The Kier molecular flexibility index (Phi) is 4.38. The molecule has 0 saturated heterocycles. The Labute approximate surface area is 136 Å². The van der Waals surface area contributed by atoms with E-state index in [0.717, 1.165) is 16.0 Å². The molecule has 118 valence electrons. The van der Waals surface area contributed by atoms with E-state index in [1.807, 2.05) is 6.92 Å². The highest BCUT2D eigenvalue weighted by Gasteiger charge is 2.23. The molecule has 0 bridgehead atoms. The molecule has 1 N–H and O–H groups in total. The highest BCUT2D eigenvalue weighted by atomic mass is 32.2. The Hall–Kier alpha value is -2.28. The molecule has 0 radical (unpaired) electrons. The van der Waals surface area contributed by atoms with Crippen LogP contribution in [-0.2, 0) is 9.59 Å². The highest BCUT2D eigenvalue weighted by Crippen LogP contribution is 2.39. The predicted octanol–water partition coefficient (Wildman–Crippen LogP) is 2.88. The zero-order valence-corrected chi connectivity index (χ0v) is 13.2. The van der Waals surface area contributed by atoms with Crippen LogP contribution < -0.4 is 5.43 Å². The molecule has 7 heteroatoms. The van der Waals surface area contributed by atoms with Crippen LogP contribution in [0.3, 0.4) is 0 Å². The van der Waals surface area contributed by atoms with Crippen LogP contribution in [0.1, 0.15) is 31.7 Å². The third-order valence-electron chi connectivity index (χ3n) is 3.59. The molecular formula is C16H14FN3O2S. The van der Waals surface area contributed by atoms with Crippen LogP contribution >= 0.6 is 11.8 Å². The fraction of sp³-hybridized carbons (Fsp3) is 0.250. The Morgan fingerprint density at radius 3 is 2.70 bits per heavy atom. The topological polar surface area (TPSA) is 70.9 Å². The lowest BCUT2D eigenvalue weighted by Gasteiger charge is -2.08. The van der Waals surface area contributed by atoms with Crippen molar-refractivity contribution in [1.82, 2.24) is 5.43 Å². The van der Waals surface area contributed by atoms with Crippen molar-refractivity contribution in [1.29, 1.82) is 0 Å². The third-order valence-corrected chi connectivity index (χ3v) is 4.62. The summed E-state index contributed by atoms with van der Waals surface area (Å²) in [6.45, 7) is 1.95. The quantitative estimate of drug-likeness (QED) is 0.906. The second-order valence-electron chi connectivity index (χ2n) is 5.22. The zero-order valence-electron chi connectivity index (χ0n) is 12.4. The minimum atomic E-state index is -0.416. The molecule has 0 unspecified atom stereocenters. The zero-order chi connectivity index (χ0) is 16.4. The lowest BCUT2D eigenvalue weighted by Crippen LogP contribution is -2.29. The number of amides is 2. The first-order valence-corrected chi connectivity index (χ1v) is 7.95. The number of thioether (sulfide) groups is 1. The number of allylic oxidation sites excluding steroid dienone is 2. The van der Waals surface area contributed by atoms with Crippen molar-refractivity contribution in [3.05, 3.63) is 40.6 Å². The van der Waals surface area contributed by atoms with Gasteiger partial charge in [0.2, 0.25) is 5.91 Å². The summed E-state index contributed by atoms with van der Waals surface area (Å²) in [5.74, 6) is -0.889. The second kappa shape index (κ2) is 6.45. The van der Waals surface area contributed by atoms with Gasteiger partial charge < -0.3 is 0 Å². The number of hydrogen-bond donors (Lipinski definition) is 1. The van der Waals surface area contributed by atoms with Crippen LogP contribution in [0.25, 0.3) is 5.57 Å². The molecule has 0 spiro atoms. The first kappa shape index (κ1) is 15.6. The number of halogens is 1. The van der Waals surface area contributed by atoms with Crippen LogP contribution in [-0.4, -0.2) is 22.6 Å². The summed E-state index contributed by atoms with van der Waals surface area (Å²) in [6.07, 6.45) is 1.09. The molecule has 2 aliphatic heterocycles. The summed E-state index contributed by atoms with van der Waals surface area (Å²) in [4.78, 5) is 28.3. The molecule has 0 aliphatic carbocycles. The van der Waals surface area contributed by atoms with Gasteiger partial charge in [0.05, 0.1) is 5.04 Å². The van der Waals surface area contributed by atoms with Gasteiger partial charge in [-0.05, 0) is 35.1 Å². The number of hydrogen-bond acceptors (Lipinski definition) is 4. The minimum Gasteiger partial charge on any atom is -0.273 e. The summed E-state index contributed by atoms with van der Waals surface area (Å²) >= 11 is 1.44. The Balaban J connectivity index is 1.74. The molecule has 2 aliphatic rings. The summed E-state index contributed by atoms with van der Waals surface area (Å²) < 4.78 is 13.0. The Bertz CT molecular complexity index is 766. The van der Waals surface area contributed by atoms with Crippen LogP contribution in [0.2, 0.25) is 0 Å². The smallest absolute Gasteiger partial charge is 0.273 e. The van der Waals surface area contributed by atoms with Gasteiger partial charge in [0.15, 0.2) is 0 Å². The van der Waals surface area contributed by atoms with Gasteiger partial charge in [-0.15, -0.1) is 0 Å². The maximum absolute atomic E-state index is 13.0. The van der Waals surface area contributed by atoms with Gasteiger partial charge in [-0.1, -0.05) is 23.9 Å². The summed E-state index contributed by atoms with van der Waals surface area (Å²) in [7, 11) is 0. The average molecular weight is 331 g/mol. The maximum Gasteiger partial charge on any atom is 0.293 e. The third kappa shape index (κ3) is 3.56. The van der Waals surface area contributed by atoms with Crippen LogP contribution in [0.5, 0.6) is 0 Å². The fourth-order valence-electron chi connectivity index (χ4n) is 2.37. The minimum absolute atomic E-state index is 0.194. The van der Waals surface area contributed by atoms with Crippen molar-refractivity contribution in [2.24, 2.45) is 10.1 Å². The van der Waals surface area contributed by atoms with Crippen LogP contribution in [0.4, 0.5) is 4.39 Å². The maximum atomic E-state index is 13.0. The van der Waals surface area contributed by atoms with Crippen LogP contribution in [0.15, 0.2) is 39.3 Å².